The highest BCUT2D eigenvalue weighted by atomic mass is 79.9. The molecule has 0 bridgehead atoms. The van der Waals surface area contributed by atoms with Gasteiger partial charge in [0.2, 0.25) is 10.0 Å². The van der Waals surface area contributed by atoms with Crippen molar-refractivity contribution >= 4 is 54.8 Å². The van der Waals surface area contributed by atoms with Crippen LogP contribution >= 0.6 is 38.9 Å². The van der Waals surface area contributed by atoms with Crippen molar-refractivity contribution in [2.75, 3.05) is 7.05 Å². The fraction of sp³-hybridized carbons (Fsp3) is 0.154. The van der Waals surface area contributed by atoms with E-state index < -0.39 is 10.0 Å². The van der Waals surface area contributed by atoms with Crippen LogP contribution in [-0.2, 0) is 16.6 Å². The normalized spacial score (nSPS) is 11.4. The monoisotopic (exact) mass is 422 g/mol. The predicted octanol–water partition coefficient (Wildman–Crippen LogP) is 3.00. The van der Waals surface area contributed by atoms with Crippen LogP contribution in [0.1, 0.15) is 15.2 Å². The summed E-state index contributed by atoms with van der Waals surface area (Å²) in [6.45, 7) is 0.308. The Hall–Kier alpha value is -0.930. The van der Waals surface area contributed by atoms with Gasteiger partial charge in [-0.1, -0.05) is 33.6 Å². The van der Waals surface area contributed by atoms with Crippen molar-refractivity contribution in [3.8, 4) is 0 Å². The molecule has 1 amide bonds. The van der Waals surface area contributed by atoms with Gasteiger partial charge < -0.3 is 5.32 Å². The maximum Gasteiger partial charge on any atom is 0.261 e. The van der Waals surface area contributed by atoms with Gasteiger partial charge in [-0.3, -0.25) is 4.79 Å². The van der Waals surface area contributed by atoms with Gasteiger partial charge in [0.15, 0.2) is 0 Å². The summed E-state index contributed by atoms with van der Waals surface area (Å²) in [7, 11) is -2.20. The number of amides is 1. The number of rotatable bonds is 5. The molecule has 0 fully saturated rings. The molecular formula is C13H12BrClN2O3S2. The number of carbonyl (C=O) groups excluding carboxylic acids is 1. The van der Waals surface area contributed by atoms with Crippen LogP contribution in [0.2, 0.25) is 5.02 Å². The summed E-state index contributed by atoms with van der Waals surface area (Å²) in [5.41, 5.74) is 0.873. The lowest BCUT2D eigenvalue weighted by Crippen LogP contribution is -2.22. The van der Waals surface area contributed by atoms with E-state index in [2.05, 4.69) is 26.0 Å². The molecule has 0 aliphatic rings. The molecule has 1 aromatic heterocycles. The molecule has 1 aromatic carbocycles. The van der Waals surface area contributed by atoms with Gasteiger partial charge in [0.05, 0.1) is 4.88 Å². The van der Waals surface area contributed by atoms with E-state index in [1.165, 1.54) is 19.2 Å². The number of halogens is 2. The molecule has 0 spiro atoms. The predicted molar refractivity (Wildman–Crippen MR) is 90.9 cm³/mol. The molecule has 5 nitrogen and oxygen atoms in total. The van der Waals surface area contributed by atoms with Gasteiger partial charge in [0.25, 0.3) is 5.91 Å². The molecule has 1 heterocycles. The third-order valence-corrected chi connectivity index (χ3v) is 6.76. The van der Waals surface area contributed by atoms with Crippen LogP contribution in [0.15, 0.2) is 39.0 Å². The molecule has 0 saturated heterocycles. The van der Waals surface area contributed by atoms with Crippen molar-refractivity contribution in [1.82, 2.24) is 10.0 Å². The van der Waals surface area contributed by atoms with Crippen molar-refractivity contribution in [1.29, 1.82) is 0 Å². The topological polar surface area (TPSA) is 75.3 Å². The van der Waals surface area contributed by atoms with E-state index in [4.69, 9.17) is 11.6 Å². The van der Waals surface area contributed by atoms with E-state index in [-0.39, 0.29) is 10.1 Å². The molecule has 118 valence electrons. The molecular weight excluding hydrogens is 412 g/mol. The van der Waals surface area contributed by atoms with Gasteiger partial charge in [0.1, 0.15) is 4.21 Å². The van der Waals surface area contributed by atoms with Gasteiger partial charge >= 0.3 is 0 Å². The second-order valence-corrected chi connectivity index (χ2v) is 8.73. The number of benzene rings is 1. The molecule has 2 N–H and O–H groups in total. The van der Waals surface area contributed by atoms with Crippen molar-refractivity contribution in [2.45, 2.75) is 10.8 Å². The van der Waals surface area contributed by atoms with Gasteiger partial charge in [-0.2, -0.15) is 0 Å². The Labute approximate surface area is 145 Å². The summed E-state index contributed by atoms with van der Waals surface area (Å²) >= 11 is 10.1. The number of hydrogen-bond donors (Lipinski definition) is 2. The third-order valence-electron chi connectivity index (χ3n) is 2.79. The fourth-order valence-corrected chi connectivity index (χ4v) is 4.50. The maximum atomic E-state index is 12.1. The first-order valence-corrected chi connectivity index (χ1v) is 9.56. The van der Waals surface area contributed by atoms with E-state index in [9.17, 15) is 13.2 Å². The Bertz CT molecular complexity index is 805. The van der Waals surface area contributed by atoms with Gasteiger partial charge in [-0.25, -0.2) is 13.1 Å². The number of hydrogen-bond acceptors (Lipinski definition) is 4. The quantitative estimate of drug-likeness (QED) is 0.776. The Balaban J connectivity index is 2.07. The maximum absolute atomic E-state index is 12.1. The number of carbonyl (C=O) groups is 1. The van der Waals surface area contributed by atoms with Crippen molar-refractivity contribution in [3.05, 3.63) is 50.3 Å². The van der Waals surface area contributed by atoms with E-state index in [0.29, 0.717) is 16.4 Å². The van der Waals surface area contributed by atoms with Gasteiger partial charge in [-0.15, -0.1) is 11.3 Å². The molecule has 2 aromatic rings. The van der Waals surface area contributed by atoms with Crippen LogP contribution in [0.3, 0.4) is 0 Å². The summed E-state index contributed by atoms with van der Waals surface area (Å²) in [6.07, 6.45) is 0. The van der Waals surface area contributed by atoms with Gasteiger partial charge in [0, 0.05) is 16.0 Å². The first-order chi connectivity index (χ1) is 10.3. The molecule has 0 aliphatic heterocycles. The van der Waals surface area contributed by atoms with Crippen molar-refractivity contribution in [3.63, 3.8) is 0 Å². The third kappa shape index (κ3) is 4.08. The van der Waals surface area contributed by atoms with Crippen LogP contribution in [0.25, 0.3) is 0 Å². The minimum Gasteiger partial charge on any atom is -0.347 e. The Kier molecular flexibility index (Phi) is 5.62. The first kappa shape index (κ1) is 17.4. The van der Waals surface area contributed by atoms with Crippen LogP contribution < -0.4 is 10.0 Å². The lowest BCUT2D eigenvalue weighted by atomic mass is 10.2. The first-order valence-electron chi connectivity index (χ1n) is 6.09. The largest absolute Gasteiger partial charge is 0.347 e. The van der Waals surface area contributed by atoms with Gasteiger partial charge in [-0.05, 0) is 36.9 Å². The number of sulfonamides is 1. The molecule has 0 unspecified atom stereocenters. The Morgan fingerprint density at radius 1 is 1.32 bits per heavy atom. The second kappa shape index (κ2) is 7.10. The molecule has 0 atom stereocenters. The summed E-state index contributed by atoms with van der Waals surface area (Å²) in [5, 5.41) is 3.34. The SMILES string of the molecule is CNS(=O)(=O)c1ccc(C(=O)NCc2ccc(Cl)cc2Br)s1. The minimum absolute atomic E-state index is 0.104. The standard InChI is InChI=1S/C13H12BrClN2O3S2/c1-16-22(19,20)12-5-4-11(21-12)13(18)17-7-8-2-3-9(15)6-10(8)14/h2-6,16H,7H2,1H3,(H,17,18). The molecule has 9 heteroatoms. The molecule has 0 aliphatic carbocycles. The smallest absolute Gasteiger partial charge is 0.261 e. The van der Waals surface area contributed by atoms with Crippen LogP contribution in [0.5, 0.6) is 0 Å². The minimum atomic E-state index is -3.52. The molecule has 0 saturated carbocycles. The Morgan fingerprint density at radius 2 is 2.05 bits per heavy atom. The number of nitrogens with one attached hydrogen (secondary N) is 2. The lowest BCUT2D eigenvalue weighted by Gasteiger charge is -2.06. The lowest BCUT2D eigenvalue weighted by molar-refractivity contribution is 0.0955. The van der Waals surface area contributed by atoms with E-state index in [1.54, 1.807) is 18.2 Å². The van der Waals surface area contributed by atoms with Crippen LogP contribution in [-0.4, -0.2) is 21.4 Å². The van der Waals surface area contributed by atoms with Crippen LogP contribution in [0, 0.1) is 0 Å². The number of thiophene rings is 1. The zero-order valence-electron chi connectivity index (χ0n) is 11.4. The molecule has 22 heavy (non-hydrogen) atoms. The highest BCUT2D eigenvalue weighted by molar-refractivity contribution is 9.10. The summed E-state index contributed by atoms with van der Waals surface area (Å²) in [5.74, 6) is -0.329. The summed E-state index contributed by atoms with van der Waals surface area (Å²) in [6, 6.07) is 8.17. The Morgan fingerprint density at radius 3 is 2.68 bits per heavy atom. The molecule has 0 radical (unpaired) electrons. The van der Waals surface area contributed by atoms with E-state index >= 15 is 0 Å². The average Bonchev–Trinajstić information content (AvgIpc) is 2.96. The summed E-state index contributed by atoms with van der Waals surface area (Å²) < 4.78 is 26.4. The molecule has 2 rings (SSSR count). The van der Waals surface area contributed by atoms with Crippen LogP contribution in [0.4, 0.5) is 0 Å². The van der Waals surface area contributed by atoms with E-state index in [0.717, 1.165) is 21.4 Å². The van der Waals surface area contributed by atoms with Crippen molar-refractivity contribution in [2.24, 2.45) is 0 Å². The second-order valence-electron chi connectivity index (χ2n) is 4.24. The highest BCUT2D eigenvalue weighted by Gasteiger charge is 2.17. The zero-order chi connectivity index (χ0) is 16.3. The van der Waals surface area contributed by atoms with E-state index in [1.807, 2.05) is 0 Å². The zero-order valence-corrected chi connectivity index (χ0v) is 15.4. The fourth-order valence-electron chi connectivity index (χ4n) is 1.61. The average molecular weight is 424 g/mol. The van der Waals surface area contributed by atoms with Crippen molar-refractivity contribution < 1.29 is 13.2 Å². The highest BCUT2D eigenvalue weighted by Crippen LogP contribution is 2.23. The summed E-state index contributed by atoms with van der Waals surface area (Å²) in [4.78, 5) is 12.4.